The Morgan fingerprint density at radius 1 is 1.43 bits per heavy atom. The van der Waals surface area contributed by atoms with Gasteiger partial charge in [-0.25, -0.2) is 0 Å². The maximum absolute atomic E-state index is 10.4. The summed E-state index contributed by atoms with van der Waals surface area (Å²) in [4.78, 5) is 0. The minimum absolute atomic E-state index is 0.256. The fraction of sp³-hybridized carbons (Fsp3) is 0.333. The van der Waals surface area contributed by atoms with Gasteiger partial charge < -0.3 is 10.8 Å². The summed E-state index contributed by atoms with van der Waals surface area (Å²) in [6.07, 6.45) is 4.61. The van der Waals surface area contributed by atoms with Gasteiger partial charge in [0.15, 0.2) is 0 Å². The predicted molar refractivity (Wildman–Crippen MR) is 57.6 cm³/mol. The normalized spacial score (nSPS) is 27.1. The minimum atomic E-state index is -0.897. The average molecular weight is 189 g/mol. The Bertz CT molecular complexity index is 370. The number of rotatable bonds is 1. The third kappa shape index (κ3) is 1.27. The van der Waals surface area contributed by atoms with E-state index in [0.717, 1.165) is 11.1 Å². The summed E-state index contributed by atoms with van der Waals surface area (Å²) in [5, 5.41) is 10.4. The van der Waals surface area contributed by atoms with Gasteiger partial charge in [0.05, 0.1) is 0 Å². The van der Waals surface area contributed by atoms with Gasteiger partial charge in [-0.15, -0.1) is 0 Å². The molecule has 0 aliphatic heterocycles. The molecule has 0 spiro atoms. The third-order valence-corrected chi connectivity index (χ3v) is 2.91. The highest BCUT2D eigenvalue weighted by Crippen LogP contribution is 2.35. The number of fused-ring (bicyclic) bond motifs is 1. The summed E-state index contributed by atoms with van der Waals surface area (Å²) >= 11 is 0. The molecule has 74 valence electrons. The SMILES string of the molecule is C[C@H](N)[C@]1(O)CC=Cc2ccccc21. The summed E-state index contributed by atoms with van der Waals surface area (Å²) in [6, 6.07) is 7.59. The molecule has 0 saturated carbocycles. The predicted octanol–water partition coefficient (Wildman–Crippen LogP) is 1.64. The maximum Gasteiger partial charge on any atom is 0.108 e. The molecule has 1 aliphatic carbocycles. The highest BCUT2D eigenvalue weighted by atomic mass is 16.3. The van der Waals surface area contributed by atoms with Gasteiger partial charge in [0.1, 0.15) is 5.60 Å². The van der Waals surface area contributed by atoms with Gasteiger partial charge in [0, 0.05) is 12.5 Å². The molecule has 0 aromatic heterocycles. The molecule has 2 rings (SSSR count). The monoisotopic (exact) mass is 189 g/mol. The van der Waals surface area contributed by atoms with Gasteiger partial charge in [-0.05, 0) is 18.1 Å². The van der Waals surface area contributed by atoms with Crippen molar-refractivity contribution in [1.82, 2.24) is 0 Å². The summed E-state index contributed by atoms with van der Waals surface area (Å²) in [7, 11) is 0. The molecule has 2 nitrogen and oxygen atoms in total. The zero-order valence-corrected chi connectivity index (χ0v) is 8.27. The molecule has 0 amide bonds. The van der Waals surface area contributed by atoms with Crippen molar-refractivity contribution in [3.63, 3.8) is 0 Å². The van der Waals surface area contributed by atoms with E-state index in [1.807, 2.05) is 43.3 Å². The Morgan fingerprint density at radius 3 is 2.86 bits per heavy atom. The lowest BCUT2D eigenvalue weighted by Crippen LogP contribution is -2.44. The first-order valence-corrected chi connectivity index (χ1v) is 4.88. The molecular formula is C12H15NO. The van der Waals surface area contributed by atoms with Crippen molar-refractivity contribution in [3.05, 3.63) is 41.5 Å². The number of hydrogen-bond acceptors (Lipinski definition) is 2. The van der Waals surface area contributed by atoms with Gasteiger partial charge in [-0.1, -0.05) is 36.4 Å². The van der Waals surface area contributed by atoms with Crippen molar-refractivity contribution in [1.29, 1.82) is 0 Å². The van der Waals surface area contributed by atoms with E-state index in [1.165, 1.54) is 0 Å². The average Bonchev–Trinajstić information content (AvgIpc) is 2.18. The van der Waals surface area contributed by atoms with Crippen LogP contribution in [0.4, 0.5) is 0 Å². The minimum Gasteiger partial charge on any atom is -0.383 e. The van der Waals surface area contributed by atoms with Crippen LogP contribution in [0.3, 0.4) is 0 Å². The summed E-state index contributed by atoms with van der Waals surface area (Å²) < 4.78 is 0. The van der Waals surface area contributed by atoms with Gasteiger partial charge in [0.2, 0.25) is 0 Å². The molecule has 14 heavy (non-hydrogen) atoms. The zero-order valence-electron chi connectivity index (χ0n) is 8.27. The van der Waals surface area contributed by atoms with Gasteiger partial charge in [-0.2, -0.15) is 0 Å². The lowest BCUT2D eigenvalue weighted by molar-refractivity contribution is 0.0168. The second-order valence-electron chi connectivity index (χ2n) is 3.91. The molecule has 1 aromatic rings. The fourth-order valence-corrected chi connectivity index (χ4v) is 1.94. The van der Waals surface area contributed by atoms with Crippen LogP contribution in [0, 0.1) is 0 Å². The summed E-state index contributed by atoms with van der Waals surface area (Å²) in [5.74, 6) is 0. The smallest absolute Gasteiger partial charge is 0.108 e. The van der Waals surface area contributed by atoms with E-state index in [4.69, 9.17) is 5.73 Å². The van der Waals surface area contributed by atoms with Crippen LogP contribution < -0.4 is 5.73 Å². The lowest BCUT2D eigenvalue weighted by Gasteiger charge is -2.35. The molecule has 1 aliphatic rings. The molecule has 2 heteroatoms. The third-order valence-electron chi connectivity index (χ3n) is 2.91. The van der Waals surface area contributed by atoms with Crippen LogP contribution in [0.15, 0.2) is 30.3 Å². The van der Waals surface area contributed by atoms with Crippen molar-refractivity contribution in [2.75, 3.05) is 0 Å². The maximum atomic E-state index is 10.4. The second-order valence-corrected chi connectivity index (χ2v) is 3.91. The van der Waals surface area contributed by atoms with E-state index in [1.54, 1.807) is 0 Å². The van der Waals surface area contributed by atoms with Crippen molar-refractivity contribution in [2.24, 2.45) is 5.73 Å². The van der Waals surface area contributed by atoms with Crippen LogP contribution >= 0.6 is 0 Å². The lowest BCUT2D eigenvalue weighted by atomic mass is 9.79. The van der Waals surface area contributed by atoms with Crippen molar-refractivity contribution in [3.8, 4) is 0 Å². The molecule has 1 aromatic carbocycles. The highest BCUT2D eigenvalue weighted by Gasteiger charge is 2.35. The molecule has 0 saturated heterocycles. The largest absolute Gasteiger partial charge is 0.383 e. The molecule has 2 atom stereocenters. The van der Waals surface area contributed by atoms with Crippen molar-refractivity contribution in [2.45, 2.75) is 25.0 Å². The summed E-state index contributed by atoms with van der Waals surface area (Å²) in [6.45, 7) is 1.84. The fourth-order valence-electron chi connectivity index (χ4n) is 1.94. The van der Waals surface area contributed by atoms with Crippen LogP contribution in [0.25, 0.3) is 6.08 Å². The van der Waals surface area contributed by atoms with Crippen LogP contribution in [0.1, 0.15) is 24.5 Å². The molecule has 0 radical (unpaired) electrons. The Hall–Kier alpha value is -1.12. The number of benzene rings is 1. The first-order valence-electron chi connectivity index (χ1n) is 4.88. The molecule has 0 fully saturated rings. The molecule has 0 unspecified atom stereocenters. The van der Waals surface area contributed by atoms with Crippen molar-refractivity contribution >= 4 is 6.08 Å². The molecule has 0 bridgehead atoms. The first kappa shape index (κ1) is 9.44. The summed E-state index contributed by atoms with van der Waals surface area (Å²) in [5.41, 5.74) is 6.95. The molecular weight excluding hydrogens is 174 g/mol. The van der Waals surface area contributed by atoms with E-state index < -0.39 is 5.60 Å². The first-order chi connectivity index (χ1) is 6.64. The van der Waals surface area contributed by atoms with E-state index in [0.29, 0.717) is 6.42 Å². The van der Waals surface area contributed by atoms with E-state index in [2.05, 4.69) is 0 Å². The number of nitrogens with two attached hydrogens (primary N) is 1. The van der Waals surface area contributed by atoms with Crippen molar-refractivity contribution < 1.29 is 5.11 Å². The number of hydrogen-bond donors (Lipinski definition) is 2. The Balaban J connectivity index is 2.56. The van der Waals surface area contributed by atoms with Crippen LogP contribution in [0.2, 0.25) is 0 Å². The van der Waals surface area contributed by atoms with Gasteiger partial charge in [-0.3, -0.25) is 0 Å². The second kappa shape index (κ2) is 3.23. The van der Waals surface area contributed by atoms with Crippen LogP contribution in [-0.4, -0.2) is 11.1 Å². The van der Waals surface area contributed by atoms with Crippen LogP contribution in [-0.2, 0) is 5.60 Å². The van der Waals surface area contributed by atoms with E-state index in [9.17, 15) is 5.11 Å². The van der Waals surface area contributed by atoms with E-state index in [-0.39, 0.29) is 6.04 Å². The quantitative estimate of drug-likeness (QED) is 0.705. The topological polar surface area (TPSA) is 46.2 Å². The van der Waals surface area contributed by atoms with Crippen LogP contribution in [0.5, 0.6) is 0 Å². The molecule has 0 heterocycles. The zero-order chi connectivity index (χ0) is 10.2. The highest BCUT2D eigenvalue weighted by molar-refractivity contribution is 5.58. The molecule has 3 N–H and O–H groups in total. The van der Waals surface area contributed by atoms with E-state index >= 15 is 0 Å². The van der Waals surface area contributed by atoms with Gasteiger partial charge >= 0.3 is 0 Å². The Morgan fingerprint density at radius 2 is 2.14 bits per heavy atom. The van der Waals surface area contributed by atoms with Gasteiger partial charge in [0.25, 0.3) is 0 Å². The Labute approximate surface area is 84.1 Å². The Kier molecular flexibility index (Phi) is 2.17. The number of aliphatic hydroxyl groups is 1. The standard InChI is InChI=1S/C12H15NO/c1-9(13)12(14)8-4-6-10-5-2-3-7-11(10)12/h2-7,9,14H,8,13H2,1H3/t9-,12+/m0/s1.